The summed E-state index contributed by atoms with van der Waals surface area (Å²) in [6.45, 7) is 1.19. The van der Waals surface area contributed by atoms with Crippen LogP contribution in [0.4, 0.5) is 0 Å². The van der Waals surface area contributed by atoms with Gasteiger partial charge in [0.1, 0.15) is 23.0 Å². The number of hydrogen-bond donors (Lipinski definition) is 1. The monoisotopic (exact) mass is 446 g/mol. The minimum absolute atomic E-state index is 0.00338. The number of para-hydroxylation sites is 1. The summed E-state index contributed by atoms with van der Waals surface area (Å²) in [5, 5.41) is 8.92. The van der Waals surface area contributed by atoms with Crippen LogP contribution in [0.3, 0.4) is 0 Å². The largest absolute Gasteiger partial charge is 0.494 e. The molecule has 0 heterocycles. The van der Waals surface area contributed by atoms with Gasteiger partial charge >= 0.3 is 5.97 Å². The molecule has 1 saturated carbocycles. The van der Waals surface area contributed by atoms with E-state index in [2.05, 4.69) is 6.07 Å². The average Bonchev–Trinajstić information content (AvgIpc) is 3.62. The summed E-state index contributed by atoms with van der Waals surface area (Å²) in [6.07, 6.45) is 5.33. The summed E-state index contributed by atoms with van der Waals surface area (Å²) in [5.74, 6) is 3.22. The number of rotatable bonds is 13. The van der Waals surface area contributed by atoms with Gasteiger partial charge in [0.15, 0.2) is 0 Å². The Morgan fingerprint density at radius 3 is 2.33 bits per heavy atom. The van der Waals surface area contributed by atoms with Gasteiger partial charge in [0.25, 0.3) is 0 Å². The lowest BCUT2D eigenvalue weighted by Crippen LogP contribution is -2.05. The predicted octanol–water partition coefficient (Wildman–Crippen LogP) is 6.30. The molecule has 0 aliphatic heterocycles. The fraction of sp³-hybridized carbons (Fsp3) is 0.321. The third-order valence-corrected chi connectivity index (χ3v) is 5.54. The van der Waals surface area contributed by atoms with Crippen LogP contribution in [0.25, 0.3) is 0 Å². The van der Waals surface area contributed by atoms with E-state index in [1.54, 1.807) is 12.1 Å². The summed E-state index contributed by atoms with van der Waals surface area (Å²) in [7, 11) is 0. The topological polar surface area (TPSA) is 65.0 Å². The van der Waals surface area contributed by atoms with Gasteiger partial charge in [-0.15, -0.1) is 0 Å². The van der Waals surface area contributed by atoms with E-state index in [1.807, 2.05) is 54.6 Å². The SMILES string of the molecule is O=C(O)Cc1cccc(OCCCCOc2ccc(Oc3ccccc3)cc2CC2CC2)c1. The van der Waals surface area contributed by atoms with Gasteiger partial charge < -0.3 is 19.3 Å². The minimum Gasteiger partial charge on any atom is -0.494 e. The van der Waals surface area contributed by atoms with Crippen molar-refractivity contribution < 1.29 is 24.1 Å². The highest BCUT2D eigenvalue weighted by Gasteiger charge is 2.23. The number of carboxylic acids is 1. The molecule has 0 aromatic heterocycles. The van der Waals surface area contributed by atoms with Crippen LogP contribution in [0.2, 0.25) is 0 Å². The molecule has 1 N–H and O–H groups in total. The molecule has 1 aliphatic rings. The van der Waals surface area contributed by atoms with Crippen LogP contribution in [0.5, 0.6) is 23.0 Å². The van der Waals surface area contributed by atoms with E-state index in [0.29, 0.717) is 19.0 Å². The van der Waals surface area contributed by atoms with Crippen LogP contribution in [-0.4, -0.2) is 24.3 Å². The molecule has 0 amide bonds. The molecule has 0 saturated heterocycles. The van der Waals surface area contributed by atoms with Gasteiger partial charge in [-0.25, -0.2) is 0 Å². The van der Waals surface area contributed by atoms with Gasteiger partial charge in [0.05, 0.1) is 19.6 Å². The molecule has 1 aliphatic carbocycles. The van der Waals surface area contributed by atoms with E-state index >= 15 is 0 Å². The molecule has 3 aromatic rings. The van der Waals surface area contributed by atoms with Crippen molar-refractivity contribution in [2.45, 2.75) is 38.5 Å². The Morgan fingerprint density at radius 1 is 0.818 bits per heavy atom. The van der Waals surface area contributed by atoms with Crippen molar-refractivity contribution in [1.29, 1.82) is 0 Å². The number of carbonyl (C=O) groups is 1. The normalized spacial score (nSPS) is 12.8. The summed E-state index contributed by atoms with van der Waals surface area (Å²) in [6, 6.07) is 23.2. The molecule has 3 aromatic carbocycles. The molecule has 172 valence electrons. The maximum atomic E-state index is 10.9. The predicted molar refractivity (Wildman–Crippen MR) is 127 cm³/mol. The van der Waals surface area contributed by atoms with Crippen molar-refractivity contribution in [3.8, 4) is 23.0 Å². The molecule has 33 heavy (non-hydrogen) atoms. The van der Waals surface area contributed by atoms with Crippen LogP contribution < -0.4 is 14.2 Å². The fourth-order valence-electron chi connectivity index (χ4n) is 3.67. The second kappa shape index (κ2) is 11.4. The van der Waals surface area contributed by atoms with Crippen molar-refractivity contribution in [2.24, 2.45) is 5.92 Å². The molecule has 0 bridgehead atoms. The van der Waals surface area contributed by atoms with E-state index in [9.17, 15) is 4.79 Å². The number of carboxylic acid groups (broad SMARTS) is 1. The highest BCUT2D eigenvalue weighted by Crippen LogP contribution is 2.37. The molecule has 0 atom stereocenters. The molecule has 5 heteroatoms. The zero-order valence-electron chi connectivity index (χ0n) is 18.7. The fourth-order valence-corrected chi connectivity index (χ4v) is 3.67. The highest BCUT2D eigenvalue weighted by molar-refractivity contribution is 5.70. The Hall–Kier alpha value is -3.47. The molecular weight excluding hydrogens is 416 g/mol. The lowest BCUT2D eigenvalue weighted by Gasteiger charge is -2.14. The van der Waals surface area contributed by atoms with E-state index < -0.39 is 5.97 Å². The van der Waals surface area contributed by atoms with Crippen LogP contribution in [0, 0.1) is 5.92 Å². The molecule has 5 nitrogen and oxygen atoms in total. The number of benzene rings is 3. The second-order valence-corrected chi connectivity index (χ2v) is 8.45. The standard InChI is InChI=1S/C28H30O5/c29-28(30)19-22-7-6-10-25(18-22)31-15-4-5-16-32-27-14-13-26(20-23(27)17-21-11-12-21)33-24-8-2-1-3-9-24/h1-3,6-10,13-14,18,20-21H,4-5,11-12,15-17,19H2,(H,29,30). The van der Waals surface area contributed by atoms with Gasteiger partial charge in [-0.05, 0) is 91.6 Å². The summed E-state index contributed by atoms with van der Waals surface area (Å²) >= 11 is 0. The van der Waals surface area contributed by atoms with Crippen molar-refractivity contribution in [1.82, 2.24) is 0 Å². The maximum Gasteiger partial charge on any atom is 0.307 e. The summed E-state index contributed by atoms with van der Waals surface area (Å²) in [4.78, 5) is 10.9. The zero-order chi connectivity index (χ0) is 22.9. The number of aliphatic carboxylic acids is 1. The Bertz CT molecular complexity index is 1040. The summed E-state index contributed by atoms with van der Waals surface area (Å²) in [5.41, 5.74) is 1.95. The third kappa shape index (κ3) is 7.56. The Labute approximate surface area is 194 Å². The quantitative estimate of drug-likeness (QED) is 0.312. The maximum absolute atomic E-state index is 10.9. The first-order valence-corrected chi connectivity index (χ1v) is 11.6. The Kier molecular flexibility index (Phi) is 7.85. The van der Waals surface area contributed by atoms with Gasteiger partial charge in [-0.2, -0.15) is 0 Å². The minimum atomic E-state index is -0.843. The van der Waals surface area contributed by atoms with Crippen LogP contribution in [0.1, 0.15) is 36.8 Å². The lowest BCUT2D eigenvalue weighted by molar-refractivity contribution is -0.136. The van der Waals surface area contributed by atoms with Crippen LogP contribution in [-0.2, 0) is 17.6 Å². The first-order valence-electron chi connectivity index (χ1n) is 11.6. The Morgan fingerprint density at radius 2 is 1.58 bits per heavy atom. The van der Waals surface area contributed by atoms with E-state index in [-0.39, 0.29) is 6.42 Å². The zero-order valence-corrected chi connectivity index (χ0v) is 18.7. The average molecular weight is 447 g/mol. The lowest BCUT2D eigenvalue weighted by atomic mass is 10.1. The smallest absolute Gasteiger partial charge is 0.307 e. The van der Waals surface area contributed by atoms with Gasteiger partial charge in [-0.1, -0.05) is 30.3 Å². The second-order valence-electron chi connectivity index (χ2n) is 8.45. The van der Waals surface area contributed by atoms with Gasteiger partial charge in [0, 0.05) is 0 Å². The first kappa shape index (κ1) is 22.7. The summed E-state index contributed by atoms with van der Waals surface area (Å²) < 4.78 is 17.9. The highest BCUT2D eigenvalue weighted by atomic mass is 16.5. The molecule has 0 radical (unpaired) electrons. The van der Waals surface area contributed by atoms with E-state index in [4.69, 9.17) is 19.3 Å². The number of unbranched alkanes of at least 4 members (excludes halogenated alkanes) is 1. The van der Waals surface area contributed by atoms with Crippen molar-refractivity contribution in [2.75, 3.05) is 13.2 Å². The van der Waals surface area contributed by atoms with Crippen molar-refractivity contribution in [3.63, 3.8) is 0 Å². The molecular formula is C28H30O5. The van der Waals surface area contributed by atoms with Gasteiger partial charge in [0.2, 0.25) is 0 Å². The Balaban J connectivity index is 1.24. The van der Waals surface area contributed by atoms with Crippen LogP contribution in [0.15, 0.2) is 72.8 Å². The molecule has 0 spiro atoms. The van der Waals surface area contributed by atoms with Gasteiger partial charge in [-0.3, -0.25) is 4.79 Å². The molecule has 1 fully saturated rings. The number of ether oxygens (including phenoxy) is 3. The molecule has 0 unspecified atom stereocenters. The third-order valence-electron chi connectivity index (χ3n) is 5.54. The van der Waals surface area contributed by atoms with Crippen molar-refractivity contribution in [3.05, 3.63) is 83.9 Å². The van der Waals surface area contributed by atoms with E-state index in [0.717, 1.165) is 48.0 Å². The number of hydrogen-bond acceptors (Lipinski definition) is 4. The molecule has 4 rings (SSSR count). The van der Waals surface area contributed by atoms with Crippen LogP contribution >= 0.6 is 0 Å². The van der Waals surface area contributed by atoms with E-state index in [1.165, 1.54) is 18.4 Å². The van der Waals surface area contributed by atoms with Crippen molar-refractivity contribution >= 4 is 5.97 Å². The first-order chi connectivity index (χ1) is 16.2.